The average molecular weight is 304 g/mol. The Kier molecular flexibility index (Phi) is 10.7. The van der Waals surface area contributed by atoms with Crippen LogP contribution in [-0.4, -0.2) is 42.0 Å². The molecular formula is C14H22ClNO2S. The fraction of sp³-hybridized carbons (Fsp3) is 0.500. The molecule has 5 heteroatoms. The summed E-state index contributed by atoms with van der Waals surface area (Å²) in [5.41, 5.74) is 0. The summed E-state index contributed by atoms with van der Waals surface area (Å²) in [6.07, 6.45) is 0. The third-order valence-corrected chi connectivity index (χ3v) is 3.49. The average Bonchev–Trinajstić information content (AvgIpc) is 2.42. The fourth-order valence-electron chi connectivity index (χ4n) is 1.53. The monoisotopic (exact) mass is 303 g/mol. The molecule has 0 spiro atoms. The highest BCUT2D eigenvalue weighted by molar-refractivity contribution is 8.13. The van der Waals surface area contributed by atoms with Gasteiger partial charge in [-0.15, -0.1) is 12.4 Å². The molecule has 1 rings (SSSR count). The lowest BCUT2D eigenvalue weighted by molar-refractivity contribution is -0.112. The molecule has 0 fully saturated rings. The predicted molar refractivity (Wildman–Crippen MR) is 84.4 cm³/mol. The molecule has 0 radical (unpaired) electrons. The van der Waals surface area contributed by atoms with Gasteiger partial charge in [-0.25, -0.2) is 0 Å². The Hall–Kier alpha value is -0.710. The zero-order valence-electron chi connectivity index (χ0n) is 11.5. The van der Waals surface area contributed by atoms with E-state index < -0.39 is 0 Å². The molecule has 0 bridgehead atoms. The van der Waals surface area contributed by atoms with Crippen LogP contribution in [0.1, 0.15) is 13.8 Å². The van der Waals surface area contributed by atoms with Crippen molar-refractivity contribution in [1.82, 2.24) is 4.90 Å². The summed E-state index contributed by atoms with van der Waals surface area (Å²) in [6, 6.07) is 9.43. The van der Waals surface area contributed by atoms with Gasteiger partial charge in [-0.3, -0.25) is 4.79 Å². The molecule has 0 heterocycles. The zero-order chi connectivity index (χ0) is 13.2. The lowest BCUT2D eigenvalue weighted by Crippen LogP contribution is -2.26. The van der Waals surface area contributed by atoms with E-state index in [-0.39, 0.29) is 24.1 Å². The van der Waals surface area contributed by atoms with Crippen LogP contribution in [-0.2, 0) is 4.79 Å². The van der Waals surface area contributed by atoms with Gasteiger partial charge in [-0.2, -0.15) is 0 Å². The SMILES string of the molecule is CCN(CC)CCSC(=O)COc1ccccc1.Cl. The lowest BCUT2D eigenvalue weighted by atomic mass is 10.3. The molecule has 3 nitrogen and oxygen atoms in total. The number of nitrogens with zero attached hydrogens (tertiary/aromatic N) is 1. The van der Waals surface area contributed by atoms with Gasteiger partial charge in [0.05, 0.1) is 0 Å². The van der Waals surface area contributed by atoms with Crippen molar-refractivity contribution in [2.24, 2.45) is 0 Å². The summed E-state index contributed by atoms with van der Waals surface area (Å²) in [7, 11) is 0. The van der Waals surface area contributed by atoms with Crippen LogP contribution in [0.4, 0.5) is 0 Å². The minimum Gasteiger partial charge on any atom is -0.485 e. The summed E-state index contributed by atoms with van der Waals surface area (Å²) in [4.78, 5) is 13.9. The Bertz CT molecular complexity index is 345. The summed E-state index contributed by atoms with van der Waals surface area (Å²) in [6.45, 7) is 7.43. The van der Waals surface area contributed by atoms with E-state index in [1.807, 2.05) is 30.3 Å². The van der Waals surface area contributed by atoms with Crippen molar-refractivity contribution in [2.75, 3.05) is 32.0 Å². The van der Waals surface area contributed by atoms with Gasteiger partial charge in [0, 0.05) is 12.3 Å². The standard InChI is InChI=1S/C14H21NO2S.ClH/c1-3-15(4-2)10-11-18-14(16)12-17-13-8-6-5-7-9-13;/h5-9H,3-4,10-12H2,1-2H3;1H. The molecule has 0 aromatic heterocycles. The minimum absolute atomic E-state index is 0. The summed E-state index contributed by atoms with van der Waals surface area (Å²) >= 11 is 1.35. The summed E-state index contributed by atoms with van der Waals surface area (Å²) in [5.74, 6) is 1.58. The van der Waals surface area contributed by atoms with Crippen molar-refractivity contribution in [3.63, 3.8) is 0 Å². The van der Waals surface area contributed by atoms with Gasteiger partial charge < -0.3 is 9.64 Å². The van der Waals surface area contributed by atoms with Gasteiger partial charge in [0.1, 0.15) is 5.75 Å². The molecule has 0 unspecified atom stereocenters. The molecule has 1 aromatic rings. The number of rotatable bonds is 8. The third-order valence-electron chi connectivity index (χ3n) is 2.66. The maximum absolute atomic E-state index is 11.6. The first-order valence-corrected chi connectivity index (χ1v) is 7.30. The van der Waals surface area contributed by atoms with Gasteiger partial charge in [0.25, 0.3) is 0 Å². The Morgan fingerprint density at radius 1 is 1.21 bits per heavy atom. The summed E-state index contributed by atoms with van der Waals surface area (Å²) in [5, 5.41) is 0.0889. The maximum Gasteiger partial charge on any atom is 0.226 e. The zero-order valence-corrected chi connectivity index (χ0v) is 13.1. The molecule has 108 valence electrons. The Labute approximate surface area is 126 Å². The number of thioether (sulfide) groups is 1. The number of benzene rings is 1. The van der Waals surface area contributed by atoms with Crippen LogP contribution in [0.5, 0.6) is 5.75 Å². The first kappa shape index (κ1) is 18.3. The van der Waals surface area contributed by atoms with Crippen molar-refractivity contribution < 1.29 is 9.53 Å². The number of para-hydroxylation sites is 1. The first-order valence-electron chi connectivity index (χ1n) is 6.32. The third kappa shape index (κ3) is 8.14. The molecule has 19 heavy (non-hydrogen) atoms. The van der Waals surface area contributed by atoms with E-state index >= 15 is 0 Å². The highest BCUT2D eigenvalue weighted by atomic mass is 35.5. The van der Waals surface area contributed by atoms with Crippen LogP contribution in [0.15, 0.2) is 30.3 Å². The van der Waals surface area contributed by atoms with Crippen LogP contribution in [0.25, 0.3) is 0 Å². The van der Waals surface area contributed by atoms with E-state index in [9.17, 15) is 4.79 Å². The Morgan fingerprint density at radius 3 is 2.42 bits per heavy atom. The molecule has 0 aliphatic heterocycles. The van der Waals surface area contributed by atoms with E-state index in [4.69, 9.17) is 4.74 Å². The van der Waals surface area contributed by atoms with Gasteiger partial charge in [0.2, 0.25) is 5.12 Å². The number of hydrogen-bond acceptors (Lipinski definition) is 4. The topological polar surface area (TPSA) is 29.5 Å². The molecule has 1 aromatic carbocycles. The quantitative estimate of drug-likeness (QED) is 0.738. The number of carbonyl (C=O) groups excluding carboxylic acids is 1. The molecule has 0 N–H and O–H groups in total. The predicted octanol–water partition coefficient (Wildman–Crippen LogP) is 3.09. The minimum atomic E-state index is 0. The Balaban J connectivity index is 0.00000324. The van der Waals surface area contributed by atoms with Crippen molar-refractivity contribution in [3.05, 3.63) is 30.3 Å². The molecular weight excluding hydrogens is 282 g/mol. The fourth-order valence-corrected chi connectivity index (χ4v) is 2.25. The second-order valence-electron chi connectivity index (χ2n) is 3.85. The highest BCUT2D eigenvalue weighted by Gasteiger charge is 2.05. The lowest BCUT2D eigenvalue weighted by Gasteiger charge is -2.16. The smallest absolute Gasteiger partial charge is 0.226 e. The highest BCUT2D eigenvalue weighted by Crippen LogP contribution is 2.10. The maximum atomic E-state index is 11.6. The normalized spacial score (nSPS) is 10.1. The van der Waals surface area contributed by atoms with E-state index in [2.05, 4.69) is 18.7 Å². The van der Waals surface area contributed by atoms with Crippen LogP contribution >= 0.6 is 24.2 Å². The van der Waals surface area contributed by atoms with E-state index in [1.54, 1.807) is 0 Å². The van der Waals surface area contributed by atoms with Gasteiger partial charge >= 0.3 is 0 Å². The largest absolute Gasteiger partial charge is 0.485 e. The molecule has 0 aliphatic carbocycles. The van der Waals surface area contributed by atoms with Gasteiger partial charge in [-0.1, -0.05) is 43.8 Å². The van der Waals surface area contributed by atoms with E-state index in [0.29, 0.717) is 0 Å². The number of halogens is 1. The summed E-state index contributed by atoms with van der Waals surface area (Å²) < 4.78 is 5.39. The van der Waals surface area contributed by atoms with Gasteiger partial charge in [-0.05, 0) is 25.2 Å². The molecule has 0 aliphatic rings. The van der Waals surface area contributed by atoms with Crippen LogP contribution in [0.2, 0.25) is 0 Å². The second-order valence-corrected chi connectivity index (χ2v) is 5.00. The van der Waals surface area contributed by atoms with E-state index in [0.717, 1.165) is 31.1 Å². The molecule has 0 amide bonds. The first-order chi connectivity index (χ1) is 8.76. The number of ether oxygens (including phenoxy) is 1. The van der Waals surface area contributed by atoms with Crippen molar-refractivity contribution in [1.29, 1.82) is 0 Å². The van der Waals surface area contributed by atoms with Crippen molar-refractivity contribution >= 4 is 29.3 Å². The molecule has 0 atom stereocenters. The second kappa shape index (κ2) is 11.1. The Morgan fingerprint density at radius 2 is 1.84 bits per heavy atom. The number of hydrogen-bond donors (Lipinski definition) is 0. The molecule has 0 saturated heterocycles. The number of carbonyl (C=O) groups is 1. The van der Waals surface area contributed by atoms with Crippen molar-refractivity contribution in [2.45, 2.75) is 13.8 Å². The van der Waals surface area contributed by atoms with Gasteiger partial charge in [0.15, 0.2) is 6.61 Å². The van der Waals surface area contributed by atoms with Crippen LogP contribution < -0.4 is 4.74 Å². The van der Waals surface area contributed by atoms with Crippen LogP contribution in [0, 0.1) is 0 Å². The molecule has 0 saturated carbocycles. The van der Waals surface area contributed by atoms with Crippen LogP contribution in [0.3, 0.4) is 0 Å². The van der Waals surface area contributed by atoms with E-state index in [1.165, 1.54) is 11.8 Å². The van der Waals surface area contributed by atoms with Crippen molar-refractivity contribution in [3.8, 4) is 5.75 Å².